The molecule has 0 fully saturated rings. The van der Waals surface area contributed by atoms with E-state index in [1.165, 1.54) is 6.20 Å². The fourth-order valence-corrected chi connectivity index (χ4v) is 1.43. The van der Waals surface area contributed by atoms with Gasteiger partial charge in [-0.1, -0.05) is 20.3 Å². The minimum atomic E-state index is -0.0481. The van der Waals surface area contributed by atoms with Crippen LogP contribution in [0.15, 0.2) is 12.3 Å². The second-order valence-corrected chi connectivity index (χ2v) is 3.87. The lowest BCUT2D eigenvalue weighted by Gasteiger charge is -2.12. The normalized spacial score (nSPS) is 12.1. The second kappa shape index (κ2) is 6.05. The molecule has 1 aromatic heterocycles. The molecule has 1 aromatic rings. The van der Waals surface area contributed by atoms with Gasteiger partial charge in [0.05, 0.1) is 18.4 Å². The molecule has 1 rings (SSSR count). The molecule has 1 unspecified atom stereocenters. The lowest BCUT2D eigenvalue weighted by Crippen LogP contribution is -2.16. The number of nitrogens with zero attached hydrogens (tertiary/aromatic N) is 2. The molecule has 5 nitrogen and oxygen atoms in total. The van der Waals surface area contributed by atoms with Gasteiger partial charge in [-0.25, -0.2) is 0 Å². The molecule has 0 saturated carbocycles. The molecule has 5 heteroatoms. The average Bonchev–Trinajstić information content (AvgIpc) is 2.27. The summed E-state index contributed by atoms with van der Waals surface area (Å²) in [5.74, 6) is 0.762. The Morgan fingerprint density at radius 1 is 1.62 bits per heavy atom. The van der Waals surface area contributed by atoms with Gasteiger partial charge < -0.3 is 10.5 Å². The molecule has 0 aliphatic rings. The molecule has 0 bridgehead atoms. The van der Waals surface area contributed by atoms with E-state index in [2.05, 4.69) is 24.0 Å². The Balaban J connectivity index is 2.63. The van der Waals surface area contributed by atoms with Crippen molar-refractivity contribution in [2.24, 2.45) is 11.7 Å². The molecule has 0 aliphatic carbocycles. The van der Waals surface area contributed by atoms with Crippen LogP contribution in [-0.4, -0.2) is 22.6 Å². The van der Waals surface area contributed by atoms with Crippen molar-refractivity contribution in [1.82, 2.24) is 10.2 Å². The van der Waals surface area contributed by atoms with Gasteiger partial charge in [0, 0.05) is 0 Å². The third-order valence-electron chi connectivity index (χ3n) is 2.26. The van der Waals surface area contributed by atoms with E-state index in [4.69, 9.17) is 15.9 Å². The fourth-order valence-electron chi connectivity index (χ4n) is 1.43. The highest BCUT2D eigenvalue weighted by Crippen LogP contribution is 2.14. The summed E-state index contributed by atoms with van der Waals surface area (Å²) in [4.78, 5) is 0. The first-order valence-electron chi connectivity index (χ1n) is 5.44. The summed E-state index contributed by atoms with van der Waals surface area (Å²) >= 11 is 0. The van der Waals surface area contributed by atoms with Crippen LogP contribution < -0.4 is 10.5 Å². The monoisotopic (exact) mass is 222 g/mol. The molecule has 0 amide bonds. The first-order chi connectivity index (χ1) is 7.65. The Kier molecular flexibility index (Phi) is 4.69. The van der Waals surface area contributed by atoms with Crippen molar-refractivity contribution in [3.8, 4) is 5.88 Å². The van der Waals surface area contributed by atoms with Crippen LogP contribution in [0.25, 0.3) is 0 Å². The number of nitrogen functional groups attached to an aromatic ring is 1. The number of hydrogen-bond acceptors (Lipinski definition) is 4. The Labute approximate surface area is 95.5 Å². The predicted molar refractivity (Wildman–Crippen MR) is 62.6 cm³/mol. The van der Waals surface area contributed by atoms with E-state index in [0.29, 0.717) is 24.0 Å². The minimum Gasteiger partial charge on any atom is -0.476 e. The summed E-state index contributed by atoms with van der Waals surface area (Å²) in [6.07, 6.45) is 3.74. The van der Waals surface area contributed by atoms with Crippen molar-refractivity contribution < 1.29 is 4.74 Å². The highest BCUT2D eigenvalue weighted by molar-refractivity contribution is 5.96. The molecule has 0 spiro atoms. The van der Waals surface area contributed by atoms with Gasteiger partial charge in [-0.3, -0.25) is 5.41 Å². The topological polar surface area (TPSA) is 84.9 Å². The summed E-state index contributed by atoms with van der Waals surface area (Å²) in [5.41, 5.74) is 5.91. The highest BCUT2D eigenvalue weighted by Gasteiger charge is 2.09. The number of nitrogens with two attached hydrogens (primary N) is 1. The van der Waals surface area contributed by atoms with Gasteiger partial charge in [-0.2, -0.15) is 5.10 Å². The van der Waals surface area contributed by atoms with Crippen LogP contribution in [0.3, 0.4) is 0 Å². The predicted octanol–water partition coefficient (Wildman–Crippen LogP) is 1.58. The van der Waals surface area contributed by atoms with Crippen LogP contribution in [0, 0.1) is 11.3 Å². The largest absolute Gasteiger partial charge is 0.476 e. The molecular formula is C11H18N4O. The van der Waals surface area contributed by atoms with Crippen LogP contribution in [0.2, 0.25) is 0 Å². The Bertz CT molecular complexity index is 354. The van der Waals surface area contributed by atoms with Crippen LogP contribution in [0.1, 0.15) is 32.3 Å². The Morgan fingerprint density at radius 3 is 3.00 bits per heavy atom. The van der Waals surface area contributed by atoms with Crippen molar-refractivity contribution in [2.75, 3.05) is 6.61 Å². The van der Waals surface area contributed by atoms with Gasteiger partial charge >= 0.3 is 0 Å². The maximum Gasteiger partial charge on any atom is 0.244 e. The number of aromatic nitrogens is 2. The first kappa shape index (κ1) is 12.4. The van der Waals surface area contributed by atoms with E-state index in [1.807, 2.05) is 0 Å². The maximum absolute atomic E-state index is 7.37. The van der Waals surface area contributed by atoms with E-state index < -0.39 is 0 Å². The molecule has 3 N–H and O–H groups in total. The summed E-state index contributed by atoms with van der Waals surface area (Å²) in [7, 11) is 0. The summed E-state index contributed by atoms with van der Waals surface area (Å²) in [6, 6.07) is 1.63. The fraction of sp³-hybridized carbons (Fsp3) is 0.545. The Hall–Kier alpha value is -1.65. The third kappa shape index (κ3) is 3.49. The van der Waals surface area contributed by atoms with Crippen molar-refractivity contribution in [2.45, 2.75) is 26.7 Å². The average molecular weight is 222 g/mol. The quantitative estimate of drug-likeness (QED) is 0.565. The smallest absolute Gasteiger partial charge is 0.244 e. The van der Waals surface area contributed by atoms with Gasteiger partial charge in [-0.15, -0.1) is 5.10 Å². The molecule has 0 aliphatic heterocycles. The van der Waals surface area contributed by atoms with Gasteiger partial charge in [-0.05, 0) is 18.4 Å². The summed E-state index contributed by atoms with van der Waals surface area (Å²) < 4.78 is 5.52. The molecule has 88 valence electrons. The van der Waals surface area contributed by atoms with E-state index in [-0.39, 0.29) is 5.84 Å². The zero-order chi connectivity index (χ0) is 12.0. The van der Waals surface area contributed by atoms with Crippen molar-refractivity contribution in [3.05, 3.63) is 17.8 Å². The highest BCUT2D eigenvalue weighted by atomic mass is 16.5. The zero-order valence-corrected chi connectivity index (χ0v) is 9.73. The van der Waals surface area contributed by atoms with Crippen LogP contribution in [0.4, 0.5) is 0 Å². The SMILES string of the molecule is CCCC(C)COc1nnccc1C(=N)N. The van der Waals surface area contributed by atoms with Gasteiger partial charge in [0.15, 0.2) is 0 Å². The van der Waals surface area contributed by atoms with Gasteiger partial charge in [0.1, 0.15) is 5.84 Å². The number of amidine groups is 1. The number of nitrogens with one attached hydrogen (secondary N) is 1. The lowest BCUT2D eigenvalue weighted by molar-refractivity contribution is 0.240. The Morgan fingerprint density at radius 2 is 2.38 bits per heavy atom. The van der Waals surface area contributed by atoms with Crippen LogP contribution >= 0.6 is 0 Å². The molecule has 16 heavy (non-hydrogen) atoms. The molecule has 0 saturated heterocycles. The van der Waals surface area contributed by atoms with Crippen molar-refractivity contribution >= 4 is 5.84 Å². The second-order valence-electron chi connectivity index (χ2n) is 3.87. The zero-order valence-electron chi connectivity index (χ0n) is 9.73. The van der Waals surface area contributed by atoms with E-state index in [1.54, 1.807) is 6.07 Å². The summed E-state index contributed by atoms with van der Waals surface area (Å²) in [5, 5.41) is 14.9. The van der Waals surface area contributed by atoms with E-state index in [0.717, 1.165) is 12.8 Å². The third-order valence-corrected chi connectivity index (χ3v) is 2.26. The van der Waals surface area contributed by atoms with Crippen LogP contribution in [0.5, 0.6) is 5.88 Å². The minimum absolute atomic E-state index is 0.0481. The molecule has 0 aromatic carbocycles. The lowest BCUT2D eigenvalue weighted by atomic mass is 10.1. The van der Waals surface area contributed by atoms with Crippen LogP contribution in [-0.2, 0) is 0 Å². The standard InChI is InChI=1S/C11H18N4O/c1-3-4-8(2)7-16-11-9(10(12)13)5-6-14-15-11/h5-6,8H,3-4,7H2,1-2H3,(H3,12,13). The molecule has 1 atom stereocenters. The number of ether oxygens (including phenoxy) is 1. The van der Waals surface area contributed by atoms with E-state index in [9.17, 15) is 0 Å². The molecule has 1 heterocycles. The summed E-state index contributed by atoms with van der Waals surface area (Å²) in [6.45, 7) is 4.83. The number of rotatable bonds is 6. The number of hydrogen-bond donors (Lipinski definition) is 2. The first-order valence-corrected chi connectivity index (χ1v) is 5.44. The molecular weight excluding hydrogens is 204 g/mol. The maximum atomic E-state index is 7.37. The van der Waals surface area contributed by atoms with Crippen molar-refractivity contribution in [1.29, 1.82) is 5.41 Å². The van der Waals surface area contributed by atoms with E-state index >= 15 is 0 Å². The van der Waals surface area contributed by atoms with Crippen molar-refractivity contribution in [3.63, 3.8) is 0 Å². The van der Waals surface area contributed by atoms with Gasteiger partial charge in [0.2, 0.25) is 5.88 Å². The van der Waals surface area contributed by atoms with Gasteiger partial charge in [0.25, 0.3) is 0 Å². The molecule has 0 radical (unpaired) electrons.